The maximum absolute atomic E-state index is 11.9. The number of amides is 2. The van der Waals surface area contributed by atoms with Crippen LogP contribution in [-0.2, 0) is 9.59 Å². The van der Waals surface area contributed by atoms with Crippen molar-refractivity contribution < 1.29 is 9.59 Å². The van der Waals surface area contributed by atoms with Crippen molar-refractivity contribution in [2.75, 3.05) is 29.9 Å². The molecule has 6 nitrogen and oxygen atoms in total. The maximum atomic E-state index is 11.9. The zero-order valence-corrected chi connectivity index (χ0v) is 14.1. The summed E-state index contributed by atoms with van der Waals surface area (Å²) in [5.74, 6) is -0.174. The number of anilines is 2. The van der Waals surface area contributed by atoms with Gasteiger partial charge in [-0.2, -0.15) is 0 Å². The number of carbonyl (C=O) groups excluding carboxylic acids is 2. The number of nitrogens with one attached hydrogen (secondary N) is 2. The van der Waals surface area contributed by atoms with Gasteiger partial charge in [0.05, 0.1) is 17.2 Å². The third kappa shape index (κ3) is 4.20. The minimum atomic E-state index is -0.203. The Bertz CT molecular complexity index is 767. The van der Waals surface area contributed by atoms with Gasteiger partial charge >= 0.3 is 0 Å². The Morgan fingerprint density at radius 2 is 2.17 bits per heavy atom. The van der Waals surface area contributed by atoms with E-state index in [1.807, 2.05) is 41.5 Å². The van der Waals surface area contributed by atoms with E-state index in [0.29, 0.717) is 18.8 Å². The molecule has 0 bridgehead atoms. The lowest BCUT2D eigenvalue weighted by atomic mass is 10.2. The molecule has 0 unspecified atom stereocenters. The van der Waals surface area contributed by atoms with Crippen molar-refractivity contribution in [2.24, 2.45) is 0 Å². The third-order valence-corrected chi connectivity index (χ3v) is 4.37. The molecule has 1 aliphatic heterocycles. The summed E-state index contributed by atoms with van der Waals surface area (Å²) >= 11 is 1.55. The number of thiazole rings is 1. The van der Waals surface area contributed by atoms with E-state index in [1.54, 1.807) is 17.4 Å². The van der Waals surface area contributed by atoms with Gasteiger partial charge in [0.25, 0.3) is 0 Å². The second-order valence-electron chi connectivity index (χ2n) is 5.43. The summed E-state index contributed by atoms with van der Waals surface area (Å²) in [5, 5.41) is 8.48. The first-order chi connectivity index (χ1) is 11.6. The van der Waals surface area contributed by atoms with Crippen molar-refractivity contribution in [1.82, 2.24) is 10.3 Å². The molecule has 2 amide bonds. The van der Waals surface area contributed by atoms with Gasteiger partial charge in [-0.3, -0.25) is 9.59 Å². The lowest BCUT2D eigenvalue weighted by Crippen LogP contribution is -2.47. The van der Waals surface area contributed by atoms with E-state index in [4.69, 9.17) is 0 Å². The second kappa shape index (κ2) is 7.27. The molecule has 0 radical (unpaired) electrons. The number of benzene rings is 1. The van der Waals surface area contributed by atoms with Crippen LogP contribution in [0.4, 0.5) is 11.4 Å². The summed E-state index contributed by atoms with van der Waals surface area (Å²) < 4.78 is 0. The van der Waals surface area contributed by atoms with E-state index in [2.05, 4.69) is 15.6 Å². The minimum Gasteiger partial charge on any atom is -0.360 e. The van der Waals surface area contributed by atoms with Crippen LogP contribution in [-0.4, -0.2) is 36.4 Å². The van der Waals surface area contributed by atoms with E-state index in [-0.39, 0.29) is 11.8 Å². The van der Waals surface area contributed by atoms with Gasteiger partial charge in [0, 0.05) is 35.9 Å². The SMILES string of the molecule is Cc1nc(C=CC(=O)Nc2ccc(N3CCNC(=O)C3)cc2)cs1. The van der Waals surface area contributed by atoms with Crippen LogP contribution in [0.25, 0.3) is 6.08 Å². The van der Waals surface area contributed by atoms with Crippen LogP contribution in [0, 0.1) is 6.92 Å². The number of carbonyl (C=O) groups is 2. The molecular weight excluding hydrogens is 324 g/mol. The van der Waals surface area contributed by atoms with E-state index in [1.165, 1.54) is 6.08 Å². The van der Waals surface area contributed by atoms with Crippen LogP contribution < -0.4 is 15.5 Å². The van der Waals surface area contributed by atoms with Gasteiger partial charge in [-0.05, 0) is 37.3 Å². The van der Waals surface area contributed by atoms with E-state index < -0.39 is 0 Å². The van der Waals surface area contributed by atoms with Crippen LogP contribution in [0.2, 0.25) is 0 Å². The van der Waals surface area contributed by atoms with Crippen LogP contribution in [0.5, 0.6) is 0 Å². The maximum Gasteiger partial charge on any atom is 0.248 e. The standard InChI is InChI=1S/C17H18N4O2S/c1-12-19-14(11-24-12)4-7-16(22)20-13-2-5-15(6-3-13)21-9-8-18-17(23)10-21/h2-7,11H,8-10H2,1H3,(H,18,23)(H,20,22). The van der Waals surface area contributed by atoms with E-state index >= 15 is 0 Å². The largest absolute Gasteiger partial charge is 0.360 e. The molecule has 0 aliphatic carbocycles. The van der Waals surface area contributed by atoms with Gasteiger partial charge in [-0.1, -0.05) is 0 Å². The van der Waals surface area contributed by atoms with E-state index in [0.717, 1.165) is 22.9 Å². The highest BCUT2D eigenvalue weighted by Gasteiger charge is 2.16. The van der Waals surface area contributed by atoms with Crippen LogP contribution in [0.1, 0.15) is 10.7 Å². The van der Waals surface area contributed by atoms with Crippen LogP contribution in [0.3, 0.4) is 0 Å². The molecule has 2 N–H and O–H groups in total. The van der Waals surface area contributed by atoms with Gasteiger partial charge in [0.1, 0.15) is 0 Å². The summed E-state index contributed by atoms with van der Waals surface area (Å²) in [7, 11) is 0. The first-order valence-corrected chi connectivity index (χ1v) is 8.51. The summed E-state index contributed by atoms with van der Waals surface area (Å²) in [5.41, 5.74) is 2.46. The molecule has 2 heterocycles. The monoisotopic (exact) mass is 342 g/mol. The molecular formula is C17H18N4O2S. The molecule has 1 aromatic carbocycles. The Balaban J connectivity index is 1.58. The Kier molecular flexibility index (Phi) is 4.90. The molecule has 0 spiro atoms. The third-order valence-electron chi connectivity index (χ3n) is 3.58. The van der Waals surface area contributed by atoms with Gasteiger partial charge in [-0.15, -0.1) is 11.3 Å². The van der Waals surface area contributed by atoms with Crippen molar-refractivity contribution in [2.45, 2.75) is 6.92 Å². The first kappa shape index (κ1) is 16.2. The Labute approximate surface area is 144 Å². The average molecular weight is 342 g/mol. The molecule has 1 aromatic heterocycles. The minimum absolute atomic E-state index is 0.0287. The fraction of sp³-hybridized carbons (Fsp3) is 0.235. The molecule has 0 atom stereocenters. The van der Waals surface area contributed by atoms with Crippen molar-refractivity contribution >= 4 is 40.6 Å². The number of hydrogen-bond donors (Lipinski definition) is 2. The van der Waals surface area contributed by atoms with Crippen LogP contribution in [0.15, 0.2) is 35.7 Å². The molecule has 24 heavy (non-hydrogen) atoms. The average Bonchev–Trinajstić information content (AvgIpc) is 2.99. The van der Waals surface area contributed by atoms with Crippen LogP contribution >= 0.6 is 11.3 Å². The predicted molar refractivity (Wildman–Crippen MR) is 96.2 cm³/mol. The highest BCUT2D eigenvalue weighted by Crippen LogP contribution is 2.18. The first-order valence-electron chi connectivity index (χ1n) is 7.63. The topological polar surface area (TPSA) is 74.3 Å². The molecule has 1 fully saturated rings. The highest BCUT2D eigenvalue weighted by molar-refractivity contribution is 7.09. The van der Waals surface area contributed by atoms with Gasteiger partial charge in [0.2, 0.25) is 11.8 Å². The highest BCUT2D eigenvalue weighted by atomic mass is 32.1. The summed E-state index contributed by atoms with van der Waals surface area (Å²) in [6.45, 7) is 3.72. The number of rotatable bonds is 4. The summed E-state index contributed by atoms with van der Waals surface area (Å²) in [6, 6.07) is 7.48. The van der Waals surface area contributed by atoms with E-state index in [9.17, 15) is 9.59 Å². The number of aromatic nitrogens is 1. The number of hydrogen-bond acceptors (Lipinski definition) is 5. The molecule has 7 heteroatoms. The lowest BCUT2D eigenvalue weighted by molar-refractivity contribution is -0.120. The van der Waals surface area contributed by atoms with Gasteiger partial charge in [-0.25, -0.2) is 4.98 Å². The zero-order valence-electron chi connectivity index (χ0n) is 13.3. The fourth-order valence-corrected chi connectivity index (χ4v) is 3.00. The molecule has 3 rings (SSSR count). The normalized spacial score (nSPS) is 14.7. The Morgan fingerprint density at radius 3 is 2.83 bits per heavy atom. The van der Waals surface area contributed by atoms with Gasteiger partial charge in [0.15, 0.2) is 0 Å². The quantitative estimate of drug-likeness (QED) is 0.834. The number of aryl methyl sites for hydroxylation is 1. The summed E-state index contributed by atoms with van der Waals surface area (Å²) in [6.07, 6.45) is 3.16. The molecule has 1 saturated heterocycles. The second-order valence-corrected chi connectivity index (χ2v) is 6.49. The smallest absolute Gasteiger partial charge is 0.248 e. The number of nitrogens with zero attached hydrogens (tertiary/aromatic N) is 2. The lowest BCUT2D eigenvalue weighted by Gasteiger charge is -2.28. The predicted octanol–water partition coefficient (Wildman–Crippen LogP) is 2.04. The van der Waals surface area contributed by atoms with Crippen molar-refractivity contribution in [3.63, 3.8) is 0 Å². The van der Waals surface area contributed by atoms with Gasteiger partial charge < -0.3 is 15.5 Å². The fourth-order valence-electron chi connectivity index (χ4n) is 2.42. The molecule has 124 valence electrons. The molecule has 1 aliphatic rings. The Morgan fingerprint density at radius 1 is 1.38 bits per heavy atom. The Hall–Kier alpha value is -2.67. The summed E-state index contributed by atoms with van der Waals surface area (Å²) in [4.78, 5) is 29.6. The van der Waals surface area contributed by atoms with Crippen molar-refractivity contribution in [3.05, 3.63) is 46.4 Å². The number of piperazine rings is 1. The van der Waals surface area contributed by atoms with Crippen molar-refractivity contribution in [1.29, 1.82) is 0 Å². The van der Waals surface area contributed by atoms with Crippen molar-refractivity contribution in [3.8, 4) is 0 Å². The molecule has 0 saturated carbocycles. The zero-order chi connectivity index (χ0) is 16.9. The molecule has 2 aromatic rings.